The van der Waals surface area contributed by atoms with Gasteiger partial charge in [0.25, 0.3) is 0 Å². The molecule has 1 aliphatic heterocycles. The van der Waals surface area contributed by atoms with Gasteiger partial charge in [0.2, 0.25) is 0 Å². The zero-order valence-corrected chi connectivity index (χ0v) is 16.8. The SMILES string of the molecule is COC(=O)c1ccc(N2CCC(C)CC2)c(NC(=O)Nc2ccc(Cl)cc2)c1. The van der Waals surface area contributed by atoms with E-state index in [1.165, 1.54) is 7.11 Å². The van der Waals surface area contributed by atoms with Crippen LogP contribution in [-0.2, 0) is 4.74 Å². The summed E-state index contributed by atoms with van der Waals surface area (Å²) in [5, 5.41) is 6.24. The van der Waals surface area contributed by atoms with Crippen LogP contribution < -0.4 is 15.5 Å². The number of methoxy groups -OCH3 is 1. The van der Waals surface area contributed by atoms with Gasteiger partial charge in [-0.2, -0.15) is 0 Å². The van der Waals surface area contributed by atoms with Crippen molar-refractivity contribution in [2.75, 3.05) is 35.7 Å². The molecule has 0 saturated carbocycles. The predicted octanol–water partition coefficient (Wildman–Crippen LogP) is 5.01. The van der Waals surface area contributed by atoms with E-state index in [0.29, 0.717) is 27.9 Å². The second-order valence-corrected chi connectivity index (χ2v) is 7.42. The Morgan fingerprint density at radius 1 is 1.07 bits per heavy atom. The fourth-order valence-electron chi connectivity index (χ4n) is 3.22. The molecule has 2 N–H and O–H groups in total. The van der Waals surface area contributed by atoms with E-state index in [1.807, 2.05) is 6.07 Å². The zero-order chi connectivity index (χ0) is 20.1. The Morgan fingerprint density at radius 2 is 1.75 bits per heavy atom. The summed E-state index contributed by atoms with van der Waals surface area (Å²) in [7, 11) is 1.34. The van der Waals surface area contributed by atoms with E-state index in [9.17, 15) is 9.59 Å². The molecule has 1 fully saturated rings. The standard InChI is InChI=1S/C21H24ClN3O3/c1-14-9-11-25(12-10-14)19-8-3-15(20(26)28-2)13-18(19)24-21(27)23-17-6-4-16(22)5-7-17/h3-8,13-14H,9-12H2,1-2H3,(H2,23,24,27). The number of nitrogens with one attached hydrogen (secondary N) is 2. The van der Waals surface area contributed by atoms with Gasteiger partial charge in [-0.3, -0.25) is 0 Å². The normalized spacial score (nSPS) is 14.5. The molecule has 0 aliphatic carbocycles. The van der Waals surface area contributed by atoms with Crippen molar-refractivity contribution >= 4 is 40.7 Å². The minimum Gasteiger partial charge on any atom is -0.465 e. The Labute approximate surface area is 169 Å². The largest absolute Gasteiger partial charge is 0.465 e. The number of carbonyl (C=O) groups is 2. The number of amides is 2. The average Bonchev–Trinajstić information content (AvgIpc) is 2.70. The Morgan fingerprint density at radius 3 is 2.39 bits per heavy atom. The van der Waals surface area contributed by atoms with Crippen molar-refractivity contribution in [3.8, 4) is 0 Å². The number of ether oxygens (including phenoxy) is 1. The molecule has 3 rings (SSSR count). The highest BCUT2D eigenvalue weighted by atomic mass is 35.5. The number of halogens is 1. The quantitative estimate of drug-likeness (QED) is 0.706. The smallest absolute Gasteiger partial charge is 0.337 e. The van der Waals surface area contributed by atoms with Gasteiger partial charge in [0.15, 0.2) is 0 Å². The maximum absolute atomic E-state index is 12.5. The van der Waals surface area contributed by atoms with Crippen LogP contribution in [0.15, 0.2) is 42.5 Å². The Hall–Kier alpha value is -2.73. The van der Waals surface area contributed by atoms with Crippen molar-refractivity contribution in [2.45, 2.75) is 19.8 Å². The first-order chi connectivity index (χ1) is 13.5. The third kappa shape index (κ3) is 4.95. The number of hydrogen-bond acceptors (Lipinski definition) is 4. The highest BCUT2D eigenvalue weighted by molar-refractivity contribution is 6.30. The molecule has 2 aromatic carbocycles. The van der Waals surface area contributed by atoms with Gasteiger partial charge in [-0.25, -0.2) is 9.59 Å². The fourth-order valence-corrected chi connectivity index (χ4v) is 3.35. The first-order valence-corrected chi connectivity index (χ1v) is 9.65. The molecule has 7 heteroatoms. The van der Waals surface area contributed by atoms with Gasteiger partial charge < -0.3 is 20.3 Å². The minimum absolute atomic E-state index is 0.387. The van der Waals surface area contributed by atoms with Crippen LogP contribution in [0, 0.1) is 5.92 Å². The summed E-state index contributed by atoms with van der Waals surface area (Å²) in [6, 6.07) is 11.7. The predicted molar refractivity (Wildman–Crippen MR) is 112 cm³/mol. The highest BCUT2D eigenvalue weighted by Crippen LogP contribution is 2.31. The van der Waals surface area contributed by atoms with Crippen molar-refractivity contribution in [2.24, 2.45) is 5.92 Å². The van der Waals surface area contributed by atoms with Crippen molar-refractivity contribution in [3.63, 3.8) is 0 Å². The van der Waals surface area contributed by atoms with E-state index < -0.39 is 12.0 Å². The lowest BCUT2D eigenvalue weighted by Gasteiger charge is -2.33. The summed E-state index contributed by atoms with van der Waals surface area (Å²) in [5.74, 6) is 0.246. The lowest BCUT2D eigenvalue weighted by molar-refractivity contribution is 0.0600. The van der Waals surface area contributed by atoms with Gasteiger partial charge in [0.05, 0.1) is 24.0 Å². The van der Waals surface area contributed by atoms with Gasteiger partial charge in [0.1, 0.15) is 0 Å². The van der Waals surface area contributed by atoms with E-state index in [1.54, 1.807) is 36.4 Å². The van der Waals surface area contributed by atoms with Crippen LogP contribution in [0.3, 0.4) is 0 Å². The summed E-state index contributed by atoms with van der Waals surface area (Å²) in [5.41, 5.74) is 2.48. The number of hydrogen-bond donors (Lipinski definition) is 2. The summed E-state index contributed by atoms with van der Waals surface area (Å²) in [4.78, 5) is 26.7. The third-order valence-electron chi connectivity index (χ3n) is 4.89. The molecule has 0 atom stereocenters. The summed E-state index contributed by atoms with van der Waals surface area (Å²) >= 11 is 5.88. The van der Waals surface area contributed by atoms with Crippen LogP contribution in [0.25, 0.3) is 0 Å². The third-order valence-corrected chi connectivity index (χ3v) is 5.14. The van der Waals surface area contributed by atoms with E-state index in [4.69, 9.17) is 16.3 Å². The molecule has 0 aromatic heterocycles. The second kappa shape index (κ2) is 8.97. The maximum atomic E-state index is 12.5. The van der Waals surface area contributed by atoms with Crippen LogP contribution in [-0.4, -0.2) is 32.2 Å². The fraction of sp³-hybridized carbons (Fsp3) is 0.333. The lowest BCUT2D eigenvalue weighted by atomic mass is 9.98. The molecular formula is C21H24ClN3O3. The Kier molecular flexibility index (Phi) is 6.41. The van der Waals surface area contributed by atoms with Crippen LogP contribution in [0.1, 0.15) is 30.1 Å². The number of piperidine rings is 1. The van der Waals surface area contributed by atoms with Crippen LogP contribution in [0.5, 0.6) is 0 Å². The molecule has 148 valence electrons. The molecule has 0 radical (unpaired) electrons. The molecule has 2 amide bonds. The van der Waals surface area contributed by atoms with Crippen LogP contribution in [0.4, 0.5) is 21.9 Å². The van der Waals surface area contributed by atoms with E-state index in [2.05, 4.69) is 22.5 Å². The molecule has 6 nitrogen and oxygen atoms in total. The average molecular weight is 402 g/mol. The number of carbonyl (C=O) groups excluding carboxylic acids is 2. The first-order valence-electron chi connectivity index (χ1n) is 9.27. The minimum atomic E-state index is -0.444. The van der Waals surface area contributed by atoms with Gasteiger partial charge in [-0.1, -0.05) is 18.5 Å². The van der Waals surface area contributed by atoms with Crippen molar-refractivity contribution in [3.05, 3.63) is 53.1 Å². The molecule has 1 heterocycles. The lowest BCUT2D eigenvalue weighted by Crippen LogP contribution is -2.34. The molecule has 28 heavy (non-hydrogen) atoms. The zero-order valence-electron chi connectivity index (χ0n) is 16.0. The van der Waals surface area contributed by atoms with Gasteiger partial charge >= 0.3 is 12.0 Å². The van der Waals surface area contributed by atoms with E-state index in [0.717, 1.165) is 31.6 Å². The number of rotatable bonds is 4. The molecule has 1 aliphatic rings. The number of urea groups is 1. The van der Waals surface area contributed by atoms with Crippen molar-refractivity contribution in [1.29, 1.82) is 0 Å². The Balaban J connectivity index is 1.82. The molecule has 0 unspecified atom stereocenters. The number of esters is 1. The molecule has 0 spiro atoms. The van der Waals surface area contributed by atoms with E-state index in [-0.39, 0.29) is 0 Å². The summed E-state index contributed by atoms with van der Waals surface area (Å²) < 4.78 is 4.81. The molecule has 2 aromatic rings. The molecule has 0 bridgehead atoms. The van der Waals surface area contributed by atoms with Crippen molar-refractivity contribution in [1.82, 2.24) is 0 Å². The first kappa shape index (κ1) is 20.0. The Bertz CT molecular complexity index is 846. The van der Waals surface area contributed by atoms with Crippen LogP contribution in [0.2, 0.25) is 5.02 Å². The summed E-state index contributed by atoms with van der Waals surface area (Å²) in [6.07, 6.45) is 2.18. The van der Waals surface area contributed by atoms with E-state index >= 15 is 0 Å². The number of anilines is 3. The topological polar surface area (TPSA) is 70.7 Å². The maximum Gasteiger partial charge on any atom is 0.337 e. The monoisotopic (exact) mass is 401 g/mol. The number of nitrogens with zero attached hydrogens (tertiary/aromatic N) is 1. The molecule has 1 saturated heterocycles. The molecular weight excluding hydrogens is 378 g/mol. The van der Waals surface area contributed by atoms with Gasteiger partial charge in [0, 0.05) is 23.8 Å². The van der Waals surface area contributed by atoms with Crippen LogP contribution >= 0.6 is 11.6 Å². The van der Waals surface area contributed by atoms with Crippen molar-refractivity contribution < 1.29 is 14.3 Å². The highest BCUT2D eigenvalue weighted by Gasteiger charge is 2.20. The summed E-state index contributed by atoms with van der Waals surface area (Å²) in [6.45, 7) is 4.06. The number of benzene rings is 2. The van der Waals surface area contributed by atoms with Gasteiger partial charge in [-0.15, -0.1) is 0 Å². The second-order valence-electron chi connectivity index (χ2n) is 6.98. The van der Waals surface area contributed by atoms with Gasteiger partial charge in [-0.05, 0) is 61.2 Å².